The molecule has 1 amide bonds. The van der Waals surface area contributed by atoms with Crippen LogP contribution in [-0.4, -0.2) is 20.1 Å². The molecule has 2 rings (SSSR count). The number of hydrogen-bond acceptors (Lipinski definition) is 3. The van der Waals surface area contributed by atoms with E-state index in [0.29, 0.717) is 12.8 Å². The van der Waals surface area contributed by atoms with E-state index in [1.54, 1.807) is 0 Å². The Kier molecular flexibility index (Phi) is 4.23. The van der Waals surface area contributed by atoms with Gasteiger partial charge < -0.3 is 5.32 Å². The van der Waals surface area contributed by atoms with E-state index in [9.17, 15) is 17.6 Å². The summed E-state index contributed by atoms with van der Waals surface area (Å²) in [5, 5.41) is 2.43. The minimum atomic E-state index is -3.59. The van der Waals surface area contributed by atoms with Crippen molar-refractivity contribution in [2.24, 2.45) is 5.92 Å². The predicted molar refractivity (Wildman–Crippen MR) is 74.6 cm³/mol. The monoisotopic (exact) mass is 297 g/mol. The molecule has 0 aromatic heterocycles. The number of rotatable bonds is 4. The zero-order valence-electron chi connectivity index (χ0n) is 11.1. The number of anilines is 1. The first kappa shape index (κ1) is 14.7. The number of para-hydroxylation sites is 1. The van der Waals surface area contributed by atoms with Crippen molar-refractivity contribution in [3.8, 4) is 0 Å². The van der Waals surface area contributed by atoms with Gasteiger partial charge in [-0.05, 0) is 25.0 Å². The van der Waals surface area contributed by atoms with Gasteiger partial charge in [-0.15, -0.1) is 0 Å². The summed E-state index contributed by atoms with van der Waals surface area (Å²) in [5.74, 6) is -1.50. The van der Waals surface area contributed by atoms with Crippen LogP contribution in [0.5, 0.6) is 0 Å². The molecule has 0 saturated carbocycles. The number of carbonyl (C=O) groups is 1. The highest BCUT2D eigenvalue weighted by Crippen LogP contribution is 2.27. The third-order valence-electron chi connectivity index (χ3n) is 3.32. The van der Waals surface area contributed by atoms with Gasteiger partial charge >= 0.3 is 0 Å². The van der Waals surface area contributed by atoms with Gasteiger partial charge in [0.2, 0.25) is 5.91 Å². The summed E-state index contributed by atoms with van der Waals surface area (Å²) >= 11 is 0. The van der Waals surface area contributed by atoms with Crippen molar-refractivity contribution >= 4 is 21.4 Å². The molecule has 0 spiro atoms. The summed E-state index contributed by atoms with van der Waals surface area (Å²) in [6.07, 6.45) is 4.96. The quantitative estimate of drug-likeness (QED) is 0.869. The maximum Gasteiger partial charge on any atom is 0.228 e. The van der Waals surface area contributed by atoms with Gasteiger partial charge in [0.25, 0.3) is 0 Å². The Balaban J connectivity index is 2.33. The third kappa shape index (κ3) is 2.90. The summed E-state index contributed by atoms with van der Waals surface area (Å²) in [5.41, 5.74) is -0.244. The van der Waals surface area contributed by atoms with Crippen LogP contribution >= 0.6 is 0 Å². The molecule has 0 heterocycles. The molecular weight excluding hydrogens is 281 g/mol. The van der Waals surface area contributed by atoms with E-state index < -0.39 is 15.7 Å². The Morgan fingerprint density at radius 3 is 2.60 bits per heavy atom. The predicted octanol–water partition coefficient (Wildman–Crippen LogP) is 2.52. The number of benzene rings is 1. The van der Waals surface area contributed by atoms with Gasteiger partial charge in [-0.2, -0.15) is 0 Å². The van der Waals surface area contributed by atoms with Gasteiger partial charge in [-0.25, -0.2) is 12.8 Å². The lowest BCUT2D eigenvalue weighted by molar-refractivity contribution is -0.119. The molecule has 0 atom stereocenters. The number of carbonyl (C=O) groups excluding carboxylic acids is 1. The van der Waals surface area contributed by atoms with Crippen molar-refractivity contribution in [1.29, 1.82) is 0 Å². The average Bonchev–Trinajstić information content (AvgIpc) is 2.95. The highest BCUT2D eigenvalue weighted by atomic mass is 32.2. The summed E-state index contributed by atoms with van der Waals surface area (Å²) in [7, 11) is -3.59. The molecule has 4 nitrogen and oxygen atoms in total. The molecular formula is C14H16FNO3S. The molecule has 20 heavy (non-hydrogen) atoms. The summed E-state index contributed by atoms with van der Waals surface area (Å²) < 4.78 is 37.8. The standard InChI is InChI=1S/C14H16FNO3S/c1-2-20(18,19)12-9-5-8-11(15)13(12)16-14(17)10-6-3-4-7-10/h3-5,8-10H,2,6-7H2,1H3,(H,16,17). The van der Waals surface area contributed by atoms with Gasteiger partial charge in [0.1, 0.15) is 5.82 Å². The van der Waals surface area contributed by atoms with Gasteiger partial charge in [-0.3, -0.25) is 4.79 Å². The fourth-order valence-corrected chi connectivity index (χ4v) is 3.15. The number of hydrogen-bond donors (Lipinski definition) is 1. The Hall–Kier alpha value is -1.69. The van der Waals surface area contributed by atoms with Crippen molar-refractivity contribution in [1.82, 2.24) is 0 Å². The molecule has 1 N–H and O–H groups in total. The van der Waals surface area contributed by atoms with E-state index in [0.717, 1.165) is 6.07 Å². The first-order valence-corrected chi connectivity index (χ1v) is 8.08. The Morgan fingerprint density at radius 2 is 2.00 bits per heavy atom. The van der Waals surface area contributed by atoms with E-state index in [4.69, 9.17) is 0 Å². The van der Waals surface area contributed by atoms with E-state index in [-0.39, 0.29) is 28.2 Å². The number of sulfone groups is 1. The fraction of sp³-hybridized carbons (Fsp3) is 0.357. The molecule has 108 valence electrons. The molecule has 1 aliphatic rings. The lowest BCUT2D eigenvalue weighted by Gasteiger charge is -2.14. The summed E-state index contributed by atoms with van der Waals surface area (Å²) in [6, 6.07) is 3.77. The van der Waals surface area contributed by atoms with Crippen molar-refractivity contribution < 1.29 is 17.6 Å². The smallest absolute Gasteiger partial charge is 0.228 e. The van der Waals surface area contributed by atoms with Gasteiger partial charge in [0.05, 0.1) is 16.3 Å². The zero-order valence-corrected chi connectivity index (χ0v) is 11.9. The molecule has 0 saturated heterocycles. The van der Waals surface area contributed by atoms with Crippen molar-refractivity contribution in [2.75, 3.05) is 11.1 Å². The van der Waals surface area contributed by atoms with Crippen molar-refractivity contribution in [2.45, 2.75) is 24.7 Å². The first-order chi connectivity index (χ1) is 9.45. The summed E-state index contributed by atoms with van der Waals surface area (Å²) in [6.45, 7) is 1.48. The third-order valence-corrected chi connectivity index (χ3v) is 5.09. The largest absolute Gasteiger partial charge is 0.322 e. The Bertz CT molecular complexity index is 644. The van der Waals surface area contributed by atoms with Crippen LogP contribution in [0.2, 0.25) is 0 Å². The molecule has 0 unspecified atom stereocenters. The normalized spacial score (nSPS) is 15.5. The van der Waals surface area contributed by atoms with Crippen LogP contribution in [0.25, 0.3) is 0 Å². The molecule has 0 aliphatic heterocycles. The van der Waals surface area contributed by atoms with Crippen LogP contribution in [0.4, 0.5) is 10.1 Å². The molecule has 1 aliphatic carbocycles. The molecule has 0 bridgehead atoms. The second-order valence-corrected chi connectivity index (χ2v) is 6.89. The van der Waals surface area contributed by atoms with E-state index in [2.05, 4.69) is 5.32 Å². The number of amides is 1. The summed E-state index contributed by atoms with van der Waals surface area (Å²) in [4.78, 5) is 11.9. The Morgan fingerprint density at radius 1 is 1.35 bits per heavy atom. The highest BCUT2D eigenvalue weighted by molar-refractivity contribution is 7.91. The number of allylic oxidation sites excluding steroid dienone is 2. The average molecular weight is 297 g/mol. The second-order valence-electron chi connectivity index (χ2n) is 4.65. The Labute approximate surface area is 117 Å². The highest BCUT2D eigenvalue weighted by Gasteiger charge is 2.24. The van der Waals surface area contributed by atoms with E-state index in [1.807, 2.05) is 12.2 Å². The van der Waals surface area contributed by atoms with Crippen LogP contribution in [0.15, 0.2) is 35.2 Å². The molecule has 0 fully saturated rings. The number of nitrogens with one attached hydrogen (secondary N) is 1. The SMILES string of the molecule is CCS(=O)(=O)c1cccc(F)c1NC(=O)C1CC=CC1. The van der Waals surface area contributed by atoms with Crippen LogP contribution in [0.3, 0.4) is 0 Å². The minimum Gasteiger partial charge on any atom is -0.322 e. The van der Waals surface area contributed by atoms with Crippen molar-refractivity contribution in [3.63, 3.8) is 0 Å². The molecule has 0 radical (unpaired) electrons. The van der Waals surface area contributed by atoms with Gasteiger partial charge in [0, 0.05) is 5.92 Å². The number of halogens is 1. The van der Waals surface area contributed by atoms with Gasteiger partial charge in [0.15, 0.2) is 9.84 Å². The maximum atomic E-state index is 13.9. The maximum absolute atomic E-state index is 13.9. The van der Waals surface area contributed by atoms with Gasteiger partial charge in [-0.1, -0.05) is 25.1 Å². The van der Waals surface area contributed by atoms with E-state index >= 15 is 0 Å². The van der Waals surface area contributed by atoms with Crippen LogP contribution in [0, 0.1) is 11.7 Å². The van der Waals surface area contributed by atoms with Crippen LogP contribution < -0.4 is 5.32 Å². The molecule has 1 aromatic carbocycles. The zero-order chi connectivity index (χ0) is 14.8. The lowest BCUT2D eigenvalue weighted by atomic mass is 10.1. The topological polar surface area (TPSA) is 63.2 Å². The van der Waals surface area contributed by atoms with Crippen LogP contribution in [-0.2, 0) is 14.6 Å². The fourth-order valence-electron chi connectivity index (χ4n) is 2.10. The molecule has 6 heteroatoms. The minimum absolute atomic E-state index is 0.149. The molecule has 1 aromatic rings. The van der Waals surface area contributed by atoms with Crippen LogP contribution in [0.1, 0.15) is 19.8 Å². The van der Waals surface area contributed by atoms with Crippen molar-refractivity contribution in [3.05, 3.63) is 36.2 Å². The second kappa shape index (κ2) is 5.75. The first-order valence-electron chi connectivity index (χ1n) is 6.43. The van der Waals surface area contributed by atoms with E-state index in [1.165, 1.54) is 19.1 Å². The lowest BCUT2D eigenvalue weighted by Crippen LogP contribution is -2.23.